The zero-order chi connectivity index (χ0) is 22.9. The molecule has 1 aliphatic heterocycles. The van der Waals surface area contributed by atoms with Crippen molar-refractivity contribution >= 4 is 23.1 Å². The molecule has 1 fully saturated rings. The Morgan fingerprint density at radius 3 is 2.50 bits per heavy atom. The van der Waals surface area contributed by atoms with Crippen LogP contribution in [0.1, 0.15) is 34.5 Å². The molecule has 168 valence electrons. The Kier molecular flexibility index (Phi) is 5.84. The first-order chi connectivity index (χ1) is 15.3. The van der Waals surface area contributed by atoms with Gasteiger partial charge in [0.05, 0.1) is 17.4 Å². The molecule has 0 radical (unpaired) electrons. The maximum atomic E-state index is 13.2. The highest BCUT2D eigenvalue weighted by Gasteiger charge is 2.37. The fourth-order valence-corrected chi connectivity index (χ4v) is 4.07. The third-order valence-corrected chi connectivity index (χ3v) is 6.34. The van der Waals surface area contributed by atoms with Gasteiger partial charge in [-0.25, -0.2) is 4.39 Å². The number of nitrogens with zero attached hydrogens (tertiary/aromatic N) is 4. The van der Waals surface area contributed by atoms with Crippen LogP contribution in [0.2, 0.25) is 0 Å². The van der Waals surface area contributed by atoms with Gasteiger partial charge >= 0.3 is 0 Å². The lowest BCUT2D eigenvalue weighted by Crippen LogP contribution is -2.50. The van der Waals surface area contributed by atoms with Crippen molar-refractivity contribution in [2.45, 2.75) is 32.2 Å². The molecule has 1 aliphatic rings. The Labute approximate surface area is 186 Å². The maximum Gasteiger partial charge on any atom is 0.254 e. The monoisotopic (exact) mass is 437 g/mol. The number of nitrogens with two attached hydrogens (primary N) is 2. The largest absolute Gasteiger partial charge is 0.370 e. The van der Waals surface area contributed by atoms with Crippen LogP contribution < -0.4 is 21.7 Å². The molecule has 1 amide bonds. The number of carbonyl (C=O) groups excluding carboxylic acids is 1. The molecule has 0 unspecified atom stereocenters. The van der Waals surface area contributed by atoms with Gasteiger partial charge in [0.2, 0.25) is 0 Å². The number of piperidine rings is 1. The molecule has 0 bridgehead atoms. The molecule has 0 saturated carbocycles. The fourth-order valence-electron chi connectivity index (χ4n) is 4.07. The number of rotatable bonds is 6. The number of amides is 1. The summed E-state index contributed by atoms with van der Waals surface area (Å²) < 4.78 is 15.0. The van der Waals surface area contributed by atoms with Crippen molar-refractivity contribution in [2.24, 2.45) is 11.5 Å². The number of hydrogen-bond acceptors (Lipinski definition) is 6. The predicted octanol–water partition coefficient (Wildman–Crippen LogP) is 2.83. The van der Waals surface area contributed by atoms with Crippen LogP contribution in [-0.4, -0.2) is 40.3 Å². The number of anilines is 3. The molecule has 4 rings (SSSR count). The minimum atomic E-state index is -0.591. The zero-order valence-corrected chi connectivity index (χ0v) is 18.3. The lowest BCUT2D eigenvalue weighted by Gasteiger charge is -2.42. The van der Waals surface area contributed by atoms with Gasteiger partial charge in [-0.3, -0.25) is 14.5 Å². The summed E-state index contributed by atoms with van der Waals surface area (Å²) in [5, 5.41) is 7.71. The van der Waals surface area contributed by atoms with Gasteiger partial charge in [-0.05, 0) is 62.6 Å². The summed E-state index contributed by atoms with van der Waals surface area (Å²) in [4.78, 5) is 18.9. The highest BCUT2D eigenvalue weighted by atomic mass is 19.1. The van der Waals surface area contributed by atoms with E-state index in [0.717, 1.165) is 42.9 Å². The Hall–Kier alpha value is -3.46. The SMILES string of the molecule is Cc1cc(N2CCC(CN)(n3cc(C(N)=O)c(Nc4ccc(F)cc4)n3)CC2)cnc1C. The number of halogens is 1. The number of aryl methyl sites for hydroxylation is 2. The Bertz CT molecular complexity index is 1120. The van der Waals surface area contributed by atoms with Crippen LogP contribution in [0.25, 0.3) is 0 Å². The summed E-state index contributed by atoms with van der Waals surface area (Å²) in [7, 11) is 0. The first-order valence-electron chi connectivity index (χ1n) is 10.6. The number of pyridine rings is 1. The van der Waals surface area contributed by atoms with E-state index in [1.54, 1.807) is 23.0 Å². The minimum Gasteiger partial charge on any atom is -0.370 e. The Morgan fingerprint density at radius 1 is 1.22 bits per heavy atom. The maximum absolute atomic E-state index is 13.2. The molecule has 5 N–H and O–H groups in total. The van der Waals surface area contributed by atoms with Gasteiger partial charge in [0.25, 0.3) is 5.91 Å². The quantitative estimate of drug-likeness (QED) is 0.546. The molecule has 32 heavy (non-hydrogen) atoms. The van der Waals surface area contributed by atoms with Crippen LogP contribution in [0.15, 0.2) is 42.7 Å². The second kappa shape index (κ2) is 8.58. The summed E-state index contributed by atoms with van der Waals surface area (Å²) in [6.07, 6.45) is 5.08. The average molecular weight is 438 g/mol. The summed E-state index contributed by atoms with van der Waals surface area (Å²) in [5.41, 5.74) is 15.6. The molecular formula is C23H28FN7O. The van der Waals surface area contributed by atoms with Crippen LogP contribution >= 0.6 is 0 Å². The van der Waals surface area contributed by atoms with Gasteiger partial charge in [-0.15, -0.1) is 0 Å². The number of primary amides is 1. The molecule has 1 saturated heterocycles. The molecule has 0 spiro atoms. The molecule has 1 aromatic carbocycles. The molecule has 9 heteroatoms. The summed E-state index contributed by atoms with van der Waals surface area (Å²) in [6, 6.07) is 7.98. The van der Waals surface area contributed by atoms with Crippen molar-refractivity contribution in [2.75, 3.05) is 29.9 Å². The van der Waals surface area contributed by atoms with Crippen LogP contribution in [0, 0.1) is 19.7 Å². The molecular weight excluding hydrogens is 409 g/mol. The Morgan fingerprint density at radius 2 is 1.91 bits per heavy atom. The number of carbonyl (C=O) groups is 1. The number of nitrogens with one attached hydrogen (secondary N) is 1. The zero-order valence-electron chi connectivity index (χ0n) is 18.3. The fraction of sp³-hybridized carbons (Fsp3) is 0.348. The van der Waals surface area contributed by atoms with Crippen molar-refractivity contribution in [1.29, 1.82) is 0 Å². The van der Waals surface area contributed by atoms with E-state index >= 15 is 0 Å². The van der Waals surface area contributed by atoms with Gasteiger partial charge in [0, 0.05) is 37.2 Å². The average Bonchev–Trinajstić information content (AvgIpc) is 3.22. The van der Waals surface area contributed by atoms with Crippen molar-refractivity contribution in [3.63, 3.8) is 0 Å². The first kappa shape index (κ1) is 21.8. The van der Waals surface area contributed by atoms with Gasteiger partial charge in [-0.1, -0.05) is 0 Å². The topological polar surface area (TPSA) is 115 Å². The summed E-state index contributed by atoms with van der Waals surface area (Å²) in [6.45, 7) is 6.01. The second-order valence-corrected chi connectivity index (χ2v) is 8.34. The minimum absolute atomic E-state index is 0.267. The predicted molar refractivity (Wildman–Crippen MR) is 123 cm³/mol. The molecule has 3 heterocycles. The number of benzene rings is 1. The Balaban J connectivity index is 1.58. The van der Waals surface area contributed by atoms with Gasteiger partial charge in [0.1, 0.15) is 11.4 Å². The van der Waals surface area contributed by atoms with Gasteiger partial charge < -0.3 is 21.7 Å². The van der Waals surface area contributed by atoms with Gasteiger partial charge in [0.15, 0.2) is 5.82 Å². The molecule has 0 atom stereocenters. The van der Waals surface area contributed by atoms with E-state index in [9.17, 15) is 9.18 Å². The van der Waals surface area contributed by atoms with Crippen molar-refractivity contribution in [3.05, 3.63) is 65.4 Å². The lowest BCUT2D eigenvalue weighted by atomic mass is 9.87. The standard InChI is InChI=1S/C23H28FN7O/c1-15-11-19(12-27-16(15)2)30-9-7-23(14-25,8-10-30)31-13-20(21(26)32)22(29-31)28-18-5-3-17(24)4-6-18/h3-6,11-13H,7-10,14,25H2,1-2H3,(H2,26,32)(H,28,29). The molecule has 2 aromatic heterocycles. The van der Waals surface area contributed by atoms with E-state index < -0.39 is 11.4 Å². The van der Waals surface area contributed by atoms with E-state index in [2.05, 4.69) is 33.3 Å². The van der Waals surface area contributed by atoms with E-state index in [4.69, 9.17) is 11.5 Å². The van der Waals surface area contributed by atoms with E-state index in [0.29, 0.717) is 18.1 Å². The summed E-state index contributed by atoms with van der Waals surface area (Å²) >= 11 is 0. The third kappa shape index (κ3) is 4.16. The van der Waals surface area contributed by atoms with E-state index in [1.807, 2.05) is 13.1 Å². The van der Waals surface area contributed by atoms with Crippen LogP contribution in [-0.2, 0) is 5.54 Å². The van der Waals surface area contributed by atoms with Crippen molar-refractivity contribution in [1.82, 2.24) is 14.8 Å². The smallest absolute Gasteiger partial charge is 0.254 e. The number of hydrogen-bond donors (Lipinski definition) is 3. The third-order valence-electron chi connectivity index (χ3n) is 6.34. The molecule has 3 aromatic rings. The van der Waals surface area contributed by atoms with E-state index in [1.165, 1.54) is 12.1 Å². The number of aromatic nitrogens is 3. The van der Waals surface area contributed by atoms with Crippen molar-refractivity contribution in [3.8, 4) is 0 Å². The highest BCUT2D eigenvalue weighted by molar-refractivity contribution is 5.98. The van der Waals surface area contributed by atoms with Crippen LogP contribution in [0.3, 0.4) is 0 Å². The first-order valence-corrected chi connectivity index (χ1v) is 10.6. The van der Waals surface area contributed by atoms with Crippen LogP contribution in [0.5, 0.6) is 0 Å². The second-order valence-electron chi connectivity index (χ2n) is 8.34. The normalized spacial score (nSPS) is 15.6. The van der Waals surface area contributed by atoms with Gasteiger partial charge in [-0.2, -0.15) is 5.10 Å². The summed E-state index contributed by atoms with van der Waals surface area (Å²) in [5.74, 6) is -0.603. The van der Waals surface area contributed by atoms with Crippen LogP contribution in [0.4, 0.5) is 21.6 Å². The van der Waals surface area contributed by atoms with Crippen molar-refractivity contribution < 1.29 is 9.18 Å². The highest BCUT2D eigenvalue weighted by Crippen LogP contribution is 2.33. The lowest BCUT2D eigenvalue weighted by molar-refractivity contribution is 0.100. The molecule has 8 nitrogen and oxygen atoms in total. The molecule has 0 aliphatic carbocycles. The van der Waals surface area contributed by atoms with E-state index in [-0.39, 0.29) is 11.4 Å².